The highest BCUT2D eigenvalue weighted by atomic mass is 32.1. The van der Waals surface area contributed by atoms with Crippen molar-refractivity contribution in [1.29, 1.82) is 0 Å². The molecular weight excluding hydrogens is 204 g/mol. The molecule has 1 aromatic rings. The summed E-state index contributed by atoms with van der Waals surface area (Å²) in [7, 11) is 0. The van der Waals surface area contributed by atoms with Crippen LogP contribution in [-0.2, 0) is 0 Å². The van der Waals surface area contributed by atoms with Gasteiger partial charge in [0.1, 0.15) is 0 Å². The second-order valence-corrected chi connectivity index (χ2v) is 5.75. The lowest BCUT2D eigenvalue weighted by Gasteiger charge is -2.11. The first-order valence-electron chi connectivity index (χ1n) is 5.50. The first kappa shape index (κ1) is 12.4. The third-order valence-electron chi connectivity index (χ3n) is 2.64. The van der Waals surface area contributed by atoms with Crippen molar-refractivity contribution in [2.24, 2.45) is 0 Å². The van der Waals surface area contributed by atoms with Gasteiger partial charge in [-0.2, -0.15) is 0 Å². The molecule has 0 atom stereocenters. The molecule has 0 bridgehead atoms. The standard InChI is InChI=1S/C13H20OS/c1-7(2)11-9(5)13(10(6)14)15-12(11)8(3)4/h7-8H,1-6H3. The summed E-state index contributed by atoms with van der Waals surface area (Å²) < 4.78 is 0. The fourth-order valence-corrected chi connectivity index (χ4v) is 3.39. The zero-order valence-electron chi connectivity index (χ0n) is 10.5. The average Bonchev–Trinajstić information content (AvgIpc) is 2.42. The number of Topliss-reactive ketones (excluding diaryl/α,β-unsaturated/α-hetero) is 1. The highest BCUT2D eigenvalue weighted by Crippen LogP contribution is 2.37. The first-order chi connectivity index (χ1) is 6.86. The monoisotopic (exact) mass is 224 g/mol. The molecule has 1 heterocycles. The van der Waals surface area contributed by atoms with Gasteiger partial charge in [-0.1, -0.05) is 27.7 Å². The van der Waals surface area contributed by atoms with Crippen molar-refractivity contribution in [3.05, 3.63) is 20.9 Å². The smallest absolute Gasteiger partial charge is 0.169 e. The molecule has 84 valence electrons. The molecule has 2 heteroatoms. The predicted molar refractivity (Wildman–Crippen MR) is 67.2 cm³/mol. The van der Waals surface area contributed by atoms with Gasteiger partial charge in [-0.25, -0.2) is 0 Å². The molecule has 0 aliphatic heterocycles. The van der Waals surface area contributed by atoms with Crippen LogP contribution in [0.3, 0.4) is 0 Å². The van der Waals surface area contributed by atoms with E-state index >= 15 is 0 Å². The van der Waals surface area contributed by atoms with E-state index in [1.54, 1.807) is 18.3 Å². The quantitative estimate of drug-likeness (QED) is 0.691. The van der Waals surface area contributed by atoms with Crippen molar-refractivity contribution in [1.82, 2.24) is 0 Å². The summed E-state index contributed by atoms with van der Waals surface area (Å²) in [4.78, 5) is 13.8. The van der Waals surface area contributed by atoms with Crippen molar-refractivity contribution in [2.45, 2.75) is 53.4 Å². The van der Waals surface area contributed by atoms with E-state index in [2.05, 4.69) is 34.6 Å². The molecule has 0 aromatic carbocycles. The van der Waals surface area contributed by atoms with Gasteiger partial charge >= 0.3 is 0 Å². The van der Waals surface area contributed by atoms with Crippen molar-refractivity contribution in [3.8, 4) is 0 Å². The van der Waals surface area contributed by atoms with Crippen LogP contribution in [0.25, 0.3) is 0 Å². The van der Waals surface area contributed by atoms with E-state index in [0.717, 1.165) is 4.88 Å². The van der Waals surface area contributed by atoms with E-state index < -0.39 is 0 Å². The summed E-state index contributed by atoms with van der Waals surface area (Å²) in [6, 6.07) is 0. The lowest BCUT2D eigenvalue weighted by atomic mass is 9.94. The molecule has 0 N–H and O–H groups in total. The van der Waals surface area contributed by atoms with Crippen LogP contribution in [0.4, 0.5) is 0 Å². The molecule has 0 aliphatic carbocycles. The van der Waals surface area contributed by atoms with Gasteiger partial charge < -0.3 is 0 Å². The lowest BCUT2D eigenvalue weighted by molar-refractivity contribution is 0.102. The molecule has 0 unspecified atom stereocenters. The lowest BCUT2D eigenvalue weighted by Crippen LogP contribution is -1.96. The molecule has 15 heavy (non-hydrogen) atoms. The number of hydrogen-bond donors (Lipinski definition) is 0. The zero-order valence-corrected chi connectivity index (χ0v) is 11.3. The fraction of sp³-hybridized carbons (Fsp3) is 0.615. The van der Waals surface area contributed by atoms with Crippen LogP contribution in [0.1, 0.15) is 72.1 Å². The largest absolute Gasteiger partial charge is 0.294 e. The molecular formula is C13H20OS. The van der Waals surface area contributed by atoms with E-state index in [-0.39, 0.29) is 5.78 Å². The summed E-state index contributed by atoms with van der Waals surface area (Å²) in [5.74, 6) is 1.22. The van der Waals surface area contributed by atoms with Gasteiger partial charge in [-0.15, -0.1) is 11.3 Å². The van der Waals surface area contributed by atoms with Gasteiger partial charge in [0.25, 0.3) is 0 Å². The number of ketones is 1. The van der Waals surface area contributed by atoms with Crippen LogP contribution < -0.4 is 0 Å². The Bertz CT molecular complexity index is 372. The third kappa shape index (κ3) is 2.31. The number of rotatable bonds is 3. The molecule has 1 rings (SSSR count). The van der Waals surface area contributed by atoms with Crippen LogP contribution in [0.2, 0.25) is 0 Å². The van der Waals surface area contributed by atoms with Crippen LogP contribution >= 0.6 is 11.3 Å². The minimum absolute atomic E-state index is 0.200. The SMILES string of the molecule is CC(=O)c1sc(C(C)C)c(C(C)C)c1C. The normalized spacial score (nSPS) is 11.5. The highest BCUT2D eigenvalue weighted by molar-refractivity contribution is 7.14. The van der Waals surface area contributed by atoms with Gasteiger partial charge in [0.05, 0.1) is 4.88 Å². The molecule has 0 amide bonds. The van der Waals surface area contributed by atoms with E-state index in [0.29, 0.717) is 11.8 Å². The third-order valence-corrected chi connectivity index (χ3v) is 4.35. The number of thiophene rings is 1. The molecule has 0 spiro atoms. The van der Waals surface area contributed by atoms with Crippen LogP contribution in [0.15, 0.2) is 0 Å². The summed E-state index contributed by atoms with van der Waals surface area (Å²) in [5, 5.41) is 0. The Kier molecular flexibility index (Phi) is 3.72. The van der Waals surface area contributed by atoms with E-state index in [1.807, 2.05) is 0 Å². The molecule has 0 radical (unpaired) electrons. The summed E-state index contributed by atoms with van der Waals surface area (Å²) in [6.45, 7) is 12.5. The first-order valence-corrected chi connectivity index (χ1v) is 6.32. The minimum atomic E-state index is 0.200. The van der Waals surface area contributed by atoms with Gasteiger partial charge in [-0.3, -0.25) is 4.79 Å². The Morgan fingerprint density at radius 1 is 1.13 bits per heavy atom. The maximum atomic E-state index is 11.5. The van der Waals surface area contributed by atoms with Gasteiger partial charge in [0.15, 0.2) is 5.78 Å². The van der Waals surface area contributed by atoms with Crippen molar-refractivity contribution in [3.63, 3.8) is 0 Å². The minimum Gasteiger partial charge on any atom is -0.294 e. The molecule has 0 aliphatic rings. The summed E-state index contributed by atoms with van der Waals surface area (Å²) in [5.41, 5.74) is 2.59. The second-order valence-electron chi connectivity index (χ2n) is 4.70. The molecule has 0 fully saturated rings. The molecule has 1 nitrogen and oxygen atoms in total. The highest BCUT2D eigenvalue weighted by Gasteiger charge is 2.20. The maximum absolute atomic E-state index is 11.5. The van der Waals surface area contributed by atoms with E-state index in [9.17, 15) is 4.79 Å². The van der Waals surface area contributed by atoms with Gasteiger partial charge in [-0.05, 0) is 36.8 Å². The second kappa shape index (κ2) is 4.48. The van der Waals surface area contributed by atoms with Gasteiger partial charge in [0.2, 0.25) is 0 Å². The van der Waals surface area contributed by atoms with Crippen molar-refractivity contribution < 1.29 is 4.79 Å². The zero-order chi connectivity index (χ0) is 11.7. The Morgan fingerprint density at radius 3 is 1.93 bits per heavy atom. The van der Waals surface area contributed by atoms with Gasteiger partial charge in [0, 0.05) is 4.88 Å². The van der Waals surface area contributed by atoms with E-state index in [1.165, 1.54) is 16.0 Å². The molecule has 1 aromatic heterocycles. The Morgan fingerprint density at radius 2 is 1.67 bits per heavy atom. The fourth-order valence-electron chi connectivity index (χ4n) is 2.03. The van der Waals surface area contributed by atoms with Crippen LogP contribution in [-0.4, -0.2) is 5.78 Å². The van der Waals surface area contributed by atoms with Crippen molar-refractivity contribution >= 4 is 17.1 Å². The average molecular weight is 224 g/mol. The van der Waals surface area contributed by atoms with Crippen LogP contribution in [0.5, 0.6) is 0 Å². The summed E-state index contributed by atoms with van der Waals surface area (Å²) >= 11 is 1.68. The topological polar surface area (TPSA) is 17.1 Å². The van der Waals surface area contributed by atoms with E-state index in [4.69, 9.17) is 0 Å². The number of carbonyl (C=O) groups excluding carboxylic acids is 1. The Labute approximate surface area is 96.5 Å². The molecule has 0 saturated heterocycles. The number of carbonyl (C=O) groups is 1. The van der Waals surface area contributed by atoms with Crippen molar-refractivity contribution in [2.75, 3.05) is 0 Å². The Hall–Kier alpha value is -0.630. The van der Waals surface area contributed by atoms with Crippen LogP contribution in [0, 0.1) is 6.92 Å². The molecule has 0 saturated carbocycles. The number of hydrogen-bond acceptors (Lipinski definition) is 2. The maximum Gasteiger partial charge on any atom is 0.169 e. The Balaban J connectivity index is 3.39. The predicted octanol–water partition coefficient (Wildman–Crippen LogP) is 4.51. The summed E-state index contributed by atoms with van der Waals surface area (Å²) in [6.07, 6.45) is 0.